The van der Waals surface area contributed by atoms with Crippen LogP contribution in [0.25, 0.3) is 0 Å². The van der Waals surface area contributed by atoms with Crippen molar-refractivity contribution in [3.63, 3.8) is 0 Å². The topological polar surface area (TPSA) is 50.4 Å². The quantitative estimate of drug-likeness (QED) is 0.895. The first kappa shape index (κ1) is 14.5. The average Bonchev–Trinajstić information content (AvgIpc) is 2.89. The summed E-state index contributed by atoms with van der Waals surface area (Å²) in [5.74, 6) is -0.00939. The maximum Gasteiger partial charge on any atom is 0.251 e. The van der Waals surface area contributed by atoms with Crippen molar-refractivity contribution in [1.82, 2.24) is 10.6 Å². The predicted molar refractivity (Wildman–Crippen MR) is 82.5 cm³/mol. The lowest BCUT2D eigenvalue weighted by molar-refractivity contribution is -0.0576. The van der Waals surface area contributed by atoms with Gasteiger partial charge in [-0.25, -0.2) is 0 Å². The van der Waals surface area contributed by atoms with Gasteiger partial charge >= 0.3 is 0 Å². The van der Waals surface area contributed by atoms with E-state index in [1.165, 1.54) is 5.56 Å². The molecule has 0 bridgehead atoms. The molecule has 114 valence electrons. The molecule has 1 aromatic rings. The van der Waals surface area contributed by atoms with E-state index in [0.717, 1.165) is 44.3 Å². The molecular weight excluding hydrogens is 264 g/mol. The zero-order valence-corrected chi connectivity index (χ0v) is 12.7. The van der Waals surface area contributed by atoms with Gasteiger partial charge in [0.1, 0.15) is 0 Å². The number of rotatable bonds is 3. The van der Waals surface area contributed by atoms with E-state index in [2.05, 4.69) is 10.6 Å². The summed E-state index contributed by atoms with van der Waals surface area (Å²) in [6.45, 7) is 4.72. The molecule has 2 N–H and O–H groups in total. The van der Waals surface area contributed by atoms with E-state index >= 15 is 0 Å². The Morgan fingerprint density at radius 1 is 1.29 bits per heavy atom. The summed E-state index contributed by atoms with van der Waals surface area (Å²) < 4.78 is 6.24. The monoisotopic (exact) mass is 288 g/mol. The Balaban J connectivity index is 1.49. The third kappa shape index (κ3) is 3.44. The van der Waals surface area contributed by atoms with E-state index in [-0.39, 0.29) is 17.6 Å². The molecule has 2 heterocycles. The number of hydrogen-bond acceptors (Lipinski definition) is 3. The fraction of sp³-hybridized carbons (Fsp3) is 0.588. The number of carbonyl (C=O) groups excluding carboxylic acids is 1. The normalized spacial score (nSPS) is 24.1. The van der Waals surface area contributed by atoms with Gasteiger partial charge in [-0.3, -0.25) is 4.79 Å². The molecule has 0 aromatic heterocycles. The molecule has 1 atom stereocenters. The molecule has 3 rings (SSSR count). The minimum absolute atomic E-state index is 0.00939. The van der Waals surface area contributed by atoms with E-state index in [0.29, 0.717) is 6.54 Å². The van der Waals surface area contributed by atoms with Crippen molar-refractivity contribution in [1.29, 1.82) is 0 Å². The molecule has 1 amide bonds. The molecule has 4 heteroatoms. The van der Waals surface area contributed by atoms with Crippen LogP contribution in [-0.4, -0.2) is 37.2 Å². The summed E-state index contributed by atoms with van der Waals surface area (Å²) in [5, 5.41) is 6.38. The molecule has 1 spiro atoms. The van der Waals surface area contributed by atoms with Crippen molar-refractivity contribution >= 4 is 5.91 Å². The second kappa shape index (κ2) is 6.16. The number of carbonyl (C=O) groups is 1. The highest BCUT2D eigenvalue weighted by atomic mass is 16.5. The third-order valence-corrected chi connectivity index (χ3v) is 4.66. The first-order chi connectivity index (χ1) is 10.2. The van der Waals surface area contributed by atoms with Gasteiger partial charge in [0.15, 0.2) is 0 Å². The van der Waals surface area contributed by atoms with Crippen LogP contribution in [0.2, 0.25) is 0 Å². The van der Waals surface area contributed by atoms with Crippen molar-refractivity contribution < 1.29 is 9.53 Å². The number of amides is 1. The molecule has 2 saturated heterocycles. The summed E-state index contributed by atoms with van der Waals surface area (Å²) in [7, 11) is 0. The third-order valence-electron chi connectivity index (χ3n) is 4.66. The van der Waals surface area contributed by atoms with Gasteiger partial charge in [-0.2, -0.15) is 0 Å². The molecular formula is C17H24N2O2. The van der Waals surface area contributed by atoms with Crippen molar-refractivity contribution in [2.45, 2.75) is 44.3 Å². The summed E-state index contributed by atoms with van der Waals surface area (Å²) in [6, 6.07) is 7.67. The number of hydrogen-bond donors (Lipinski definition) is 2. The van der Waals surface area contributed by atoms with Crippen LogP contribution in [-0.2, 0) is 4.74 Å². The molecule has 1 aromatic carbocycles. The van der Waals surface area contributed by atoms with Gasteiger partial charge in [-0.05, 0) is 57.8 Å². The molecule has 4 nitrogen and oxygen atoms in total. The van der Waals surface area contributed by atoms with Gasteiger partial charge in [-0.15, -0.1) is 0 Å². The Bertz CT molecular complexity index is 492. The highest BCUT2D eigenvalue weighted by molar-refractivity contribution is 5.94. The minimum Gasteiger partial charge on any atom is -0.370 e. The zero-order chi connectivity index (χ0) is 14.7. The second-order valence-electron chi connectivity index (χ2n) is 6.29. The number of benzene rings is 1. The highest BCUT2D eigenvalue weighted by Gasteiger charge is 2.40. The van der Waals surface area contributed by atoms with Crippen LogP contribution < -0.4 is 10.6 Å². The van der Waals surface area contributed by atoms with Crippen molar-refractivity contribution in [3.05, 3.63) is 35.4 Å². The smallest absolute Gasteiger partial charge is 0.251 e. The van der Waals surface area contributed by atoms with Gasteiger partial charge in [0.2, 0.25) is 0 Å². The summed E-state index contributed by atoms with van der Waals surface area (Å²) in [4.78, 5) is 12.1. The molecule has 0 radical (unpaired) electrons. The van der Waals surface area contributed by atoms with E-state index in [1.807, 2.05) is 31.2 Å². The molecule has 2 aliphatic rings. The number of nitrogens with one attached hydrogen (secondary N) is 2. The van der Waals surface area contributed by atoms with Crippen LogP contribution >= 0.6 is 0 Å². The van der Waals surface area contributed by atoms with E-state index in [4.69, 9.17) is 4.74 Å². The highest BCUT2D eigenvalue weighted by Crippen LogP contribution is 2.36. The summed E-state index contributed by atoms with van der Waals surface area (Å²) >= 11 is 0. The molecule has 2 aliphatic heterocycles. The number of ether oxygens (including phenoxy) is 1. The SMILES string of the molecule is Cc1ccc(C(=O)NCC2CCC3(CCNCC3)O2)cc1. The summed E-state index contributed by atoms with van der Waals surface area (Å²) in [5.41, 5.74) is 1.96. The zero-order valence-electron chi connectivity index (χ0n) is 12.7. The maximum absolute atomic E-state index is 12.1. The Morgan fingerprint density at radius 2 is 2.00 bits per heavy atom. The van der Waals surface area contributed by atoms with Gasteiger partial charge in [-0.1, -0.05) is 17.7 Å². The van der Waals surface area contributed by atoms with Crippen LogP contribution in [0.3, 0.4) is 0 Å². The van der Waals surface area contributed by atoms with Crippen molar-refractivity contribution in [2.24, 2.45) is 0 Å². The van der Waals surface area contributed by atoms with Crippen molar-refractivity contribution in [3.8, 4) is 0 Å². The summed E-state index contributed by atoms with van der Waals surface area (Å²) in [6.07, 6.45) is 4.52. The van der Waals surface area contributed by atoms with E-state index in [1.54, 1.807) is 0 Å². The van der Waals surface area contributed by atoms with Crippen LogP contribution in [0.4, 0.5) is 0 Å². The van der Waals surface area contributed by atoms with Crippen LogP contribution in [0, 0.1) is 6.92 Å². The van der Waals surface area contributed by atoms with Crippen LogP contribution in [0.5, 0.6) is 0 Å². The molecule has 0 aliphatic carbocycles. The minimum atomic E-state index is -0.00939. The van der Waals surface area contributed by atoms with Gasteiger partial charge in [0, 0.05) is 12.1 Å². The number of piperidine rings is 1. The van der Waals surface area contributed by atoms with Gasteiger partial charge < -0.3 is 15.4 Å². The number of aryl methyl sites for hydroxylation is 1. The first-order valence-electron chi connectivity index (χ1n) is 7.90. The Kier molecular flexibility index (Phi) is 4.27. The lowest BCUT2D eigenvalue weighted by Crippen LogP contribution is -2.43. The Morgan fingerprint density at radius 3 is 2.71 bits per heavy atom. The first-order valence-corrected chi connectivity index (χ1v) is 7.90. The standard InChI is InChI=1S/C17H24N2O2/c1-13-2-4-14(5-3-13)16(20)19-12-15-6-7-17(21-15)8-10-18-11-9-17/h2-5,15,18H,6-12H2,1H3,(H,19,20). The fourth-order valence-corrected chi connectivity index (χ4v) is 3.30. The molecule has 0 saturated carbocycles. The van der Waals surface area contributed by atoms with Crippen LogP contribution in [0.1, 0.15) is 41.6 Å². The van der Waals surface area contributed by atoms with E-state index in [9.17, 15) is 4.79 Å². The molecule has 1 unspecified atom stereocenters. The average molecular weight is 288 g/mol. The Labute approximate surface area is 126 Å². The lowest BCUT2D eigenvalue weighted by Gasteiger charge is -2.33. The molecule has 21 heavy (non-hydrogen) atoms. The lowest BCUT2D eigenvalue weighted by atomic mass is 9.89. The Hall–Kier alpha value is -1.39. The van der Waals surface area contributed by atoms with Crippen LogP contribution in [0.15, 0.2) is 24.3 Å². The van der Waals surface area contributed by atoms with Crippen molar-refractivity contribution in [2.75, 3.05) is 19.6 Å². The van der Waals surface area contributed by atoms with E-state index < -0.39 is 0 Å². The largest absolute Gasteiger partial charge is 0.370 e. The fourth-order valence-electron chi connectivity index (χ4n) is 3.30. The van der Waals surface area contributed by atoms with Gasteiger partial charge in [0.05, 0.1) is 11.7 Å². The molecule has 2 fully saturated rings. The van der Waals surface area contributed by atoms with Gasteiger partial charge in [0.25, 0.3) is 5.91 Å². The second-order valence-corrected chi connectivity index (χ2v) is 6.29. The maximum atomic E-state index is 12.1. The predicted octanol–water partition coefficient (Wildman–Crippen LogP) is 2.03.